The van der Waals surface area contributed by atoms with Crippen molar-refractivity contribution >= 4 is 29.8 Å². The van der Waals surface area contributed by atoms with Crippen molar-refractivity contribution < 1.29 is 48.0 Å². The van der Waals surface area contributed by atoms with Gasteiger partial charge in [0.2, 0.25) is 11.8 Å². The van der Waals surface area contributed by atoms with Gasteiger partial charge in [-0.2, -0.15) is 0 Å². The third-order valence-corrected chi connectivity index (χ3v) is 12.8. The predicted octanol–water partition coefficient (Wildman–Crippen LogP) is 6.09. The average Bonchev–Trinajstić information content (AvgIpc) is 4.10. The molecule has 6 aliphatic rings. The summed E-state index contributed by atoms with van der Waals surface area (Å²) in [7, 11) is 1.59. The second kappa shape index (κ2) is 17.6. The van der Waals surface area contributed by atoms with Crippen molar-refractivity contribution in [2.75, 3.05) is 13.7 Å². The van der Waals surface area contributed by atoms with Gasteiger partial charge in [-0.1, -0.05) is 60.7 Å². The topological polar surface area (TPSA) is 153 Å². The number of amides is 2. The number of nitrogens with one attached hydrogen (secondary N) is 1. The Hall–Kier alpha value is -4.36. The number of hydrogen-bond donors (Lipinski definition) is 2. The number of epoxide rings is 1. The first-order valence-corrected chi connectivity index (χ1v) is 21.9. The maximum atomic E-state index is 14.7. The van der Waals surface area contributed by atoms with Crippen LogP contribution >= 0.6 is 0 Å². The maximum absolute atomic E-state index is 14.7. The maximum Gasteiger partial charge on any atom is 0.339 e. The normalized spacial score (nSPS) is 27.8. The fourth-order valence-corrected chi connectivity index (χ4v) is 9.24. The minimum atomic E-state index is -0.979. The molecule has 0 spiro atoms. The fraction of sp³-hybridized carbons (Fsp3) is 0.583. The van der Waals surface area contributed by atoms with Gasteiger partial charge in [-0.05, 0) is 101 Å². The van der Waals surface area contributed by atoms with Crippen LogP contribution in [0, 0.1) is 17.8 Å². The number of allylic oxidation sites excluding steroid dienone is 1. The number of hydrogen-bond acceptors (Lipinski definition) is 10. The molecule has 2 N–H and O–H groups in total. The van der Waals surface area contributed by atoms with Crippen molar-refractivity contribution in [3.05, 3.63) is 89.0 Å². The number of ether oxygens (including phenoxy) is 5. The van der Waals surface area contributed by atoms with Gasteiger partial charge in [-0.3, -0.25) is 14.4 Å². The van der Waals surface area contributed by atoms with Crippen molar-refractivity contribution in [3.63, 3.8) is 0 Å². The number of nitrogens with zero attached hydrogens (tertiary/aromatic N) is 1. The van der Waals surface area contributed by atoms with Gasteiger partial charge in [-0.25, -0.2) is 4.79 Å². The van der Waals surface area contributed by atoms with Gasteiger partial charge in [0, 0.05) is 43.7 Å². The second-order valence-electron chi connectivity index (χ2n) is 18.6. The van der Waals surface area contributed by atoms with Crippen LogP contribution in [0.25, 0.3) is 6.08 Å². The first-order valence-electron chi connectivity index (χ1n) is 21.9. The quantitative estimate of drug-likeness (QED) is 0.150. The van der Waals surface area contributed by atoms with Crippen LogP contribution < -0.4 is 5.32 Å². The summed E-state index contributed by atoms with van der Waals surface area (Å²) in [5.41, 5.74) is 1.73. The molecule has 4 aliphatic carbocycles. The van der Waals surface area contributed by atoms with Crippen LogP contribution in [-0.4, -0.2) is 101 Å². The Balaban J connectivity index is 1.02. The third-order valence-electron chi connectivity index (χ3n) is 12.8. The molecule has 12 heteroatoms. The highest BCUT2D eigenvalue weighted by Gasteiger charge is 2.64. The molecule has 2 amide bonds. The Bertz CT molecular complexity index is 1950. The summed E-state index contributed by atoms with van der Waals surface area (Å²) in [6, 6.07) is 15.1. The molecule has 0 bridgehead atoms. The minimum absolute atomic E-state index is 0.000759. The first kappa shape index (κ1) is 42.3. The third kappa shape index (κ3) is 9.88. The van der Waals surface area contributed by atoms with Crippen LogP contribution in [0.15, 0.2) is 72.3 Å². The van der Waals surface area contributed by atoms with E-state index in [1.165, 1.54) is 4.90 Å². The van der Waals surface area contributed by atoms with Crippen LogP contribution in [0.4, 0.5) is 0 Å². The number of rotatable bonds is 16. The number of carbonyl (C=O) groups is 4. The lowest BCUT2D eigenvalue weighted by Crippen LogP contribution is -2.53. The zero-order chi connectivity index (χ0) is 42.2. The molecule has 5 fully saturated rings. The number of esters is 2. The highest BCUT2D eigenvalue weighted by molar-refractivity contribution is 5.98. The molecule has 0 aromatic heterocycles. The lowest BCUT2D eigenvalue weighted by atomic mass is 9.88. The number of benzene rings is 2. The summed E-state index contributed by atoms with van der Waals surface area (Å²) in [5.74, 6) is -1.71. The van der Waals surface area contributed by atoms with Crippen LogP contribution in [0.2, 0.25) is 0 Å². The van der Waals surface area contributed by atoms with Crippen LogP contribution in [0.5, 0.6) is 0 Å². The summed E-state index contributed by atoms with van der Waals surface area (Å²) >= 11 is 0. The molecule has 0 radical (unpaired) electrons. The smallest absolute Gasteiger partial charge is 0.339 e. The fourth-order valence-electron chi connectivity index (χ4n) is 9.24. The second-order valence-corrected chi connectivity index (χ2v) is 18.6. The average molecular weight is 825 g/mol. The number of aliphatic hydroxyl groups is 1. The van der Waals surface area contributed by atoms with Gasteiger partial charge in [0.05, 0.1) is 30.4 Å². The molecule has 2 heterocycles. The Morgan fingerprint density at radius 2 is 1.67 bits per heavy atom. The van der Waals surface area contributed by atoms with Crippen molar-refractivity contribution in [3.8, 4) is 0 Å². The van der Waals surface area contributed by atoms with Crippen LogP contribution in [0.3, 0.4) is 0 Å². The molecule has 60 heavy (non-hydrogen) atoms. The Morgan fingerprint density at radius 3 is 2.35 bits per heavy atom. The summed E-state index contributed by atoms with van der Waals surface area (Å²) in [4.78, 5) is 56.9. The SMILES string of the molecule is CN(C(=O)C1=CC2OC(C3CC3)(C3CC3)OC2C(OC(=O)c2ccccc2C=CC2CCC3OC3C2)C1)C(Cc1ccccc1)C(=O)NC(CO)CCC(=O)OC(C)(C)C. The van der Waals surface area contributed by atoms with Crippen LogP contribution in [0.1, 0.15) is 106 Å². The van der Waals surface area contributed by atoms with Gasteiger partial charge in [0.25, 0.3) is 0 Å². The van der Waals surface area contributed by atoms with Crippen LogP contribution in [-0.2, 0) is 44.5 Å². The zero-order valence-electron chi connectivity index (χ0n) is 35.3. The van der Waals surface area contributed by atoms with Crippen molar-refractivity contribution in [1.82, 2.24) is 10.2 Å². The lowest BCUT2D eigenvalue weighted by molar-refractivity contribution is -0.209. The number of aliphatic hydroxyl groups excluding tert-OH is 1. The van der Waals surface area contributed by atoms with E-state index < -0.39 is 72.1 Å². The van der Waals surface area contributed by atoms with E-state index in [-0.39, 0.29) is 37.5 Å². The summed E-state index contributed by atoms with van der Waals surface area (Å²) in [5, 5.41) is 13.1. The first-order chi connectivity index (χ1) is 28.8. The zero-order valence-corrected chi connectivity index (χ0v) is 35.3. The molecule has 2 aliphatic heterocycles. The highest BCUT2D eigenvalue weighted by Crippen LogP contribution is 2.59. The Labute approximate surface area is 353 Å². The molecular formula is C48H60N2O10. The molecule has 8 rings (SSSR count). The minimum Gasteiger partial charge on any atom is -0.460 e. The number of likely N-dealkylation sites (N-methyl/N-ethyl adjacent to an activating group) is 1. The van der Waals surface area contributed by atoms with Crippen molar-refractivity contribution in [2.45, 2.75) is 145 Å². The van der Waals surface area contributed by atoms with Gasteiger partial charge < -0.3 is 39.0 Å². The molecule has 8 unspecified atom stereocenters. The van der Waals surface area contributed by atoms with Crippen molar-refractivity contribution in [2.24, 2.45) is 17.8 Å². The molecule has 322 valence electrons. The Morgan fingerprint density at radius 1 is 0.950 bits per heavy atom. The molecule has 8 atom stereocenters. The highest BCUT2D eigenvalue weighted by atomic mass is 16.8. The lowest BCUT2D eigenvalue weighted by Gasteiger charge is -2.34. The van der Waals surface area contributed by atoms with E-state index in [9.17, 15) is 24.3 Å². The molecular weight excluding hydrogens is 765 g/mol. The molecule has 3 saturated carbocycles. The van der Waals surface area contributed by atoms with Gasteiger partial charge in [0.1, 0.15) is 30.0 Å². The van der Waals surface area contributed by atoms with Gasteiger partial charge >= 0.3 is 11.9 Å². The van der Waals surface area contributed by atoms with Gasteiger partial charge in [0.15, 0.2) is 5.79 Å². The number of carbonyl (C=O) groups excluding carboxylic acids is 4. The standard InChI is InChI=1S/C48H60N2O10/c1-47(2,3)59-42(52)23-21-35(28-51)49-44(53)37(24-29-10-6-5-7-11-29)50(4)45(54)32-26-40(43-41(27-32)58-48(60-43,33-17-18-33)34-19-20-34)57-46(55)36-13-9-8-12-31(36)16-14-30-15-22-38-39(25-30)56-38/h5-14,16,27,30,33-35,37-41,43,51H,15,17-26,28H2,1-4H3,(H,49,53). The van der Waals surface area contributed by atoms with E-state index in [0.29, 0.717) is 29.3 Å². The van der Waals surface area contributed by atoms with E-state index >= 15 is 0 Å². The summed E-state index contributed by atoms with van der Waals surface area (Å²) < 4.78 is 31.3. The molecule has 12 nitrogen and oxygen atoms in total. The summed E-state index contributed by atoms with van der Waals surface area (Å²) in [6.45, 7) is 4.94. The molecule has 2 aromatic carbocycles. The molecule has 2 saturated heterocycles. The van der Waals surface area contributed by atoms with E-state index in [2.05, 4.69) is 11.4 Å². The van der Waals surface area contributed by atoms with E-state index in [4.69, 9.17) is 23.7 Å². The van der Waals surface area contributed by atoms with Gasteiger partial charge in [-0.15, -0.1) is 0 Å². The van der Waals surface area contributed by atoms with E-state index in [1.54, 1.807) is 33.9 Å². The predicted molar refractivity (Wildman–Crippen MR) is 222 cm³/mol. The summed E-state index contributed by atoms with van der Waals surface area (Å²) in [6.07, 6.45) is 12.2. The van der Waals surface area contributed by atoms with Crippen molar-refractivity contribution in [1.29, 1.82) is 0 Å². The number of fused-ring (bicyclic) bond motifs is 2. The Kier molecular flexibility index (Phi) is 12.4. The largest absolute Gasteiger partial charge is 0.460 e. The monoisotopic (exact) mass is 824 g/mol. The van der Waals surface area contributed by atoms with E-state index in [0.717, 1.165) is 56.1 Å². The van der Waals surface area contributed by atoms with E-state index in [1.807, 2.05) is 60.7 Å². The molecule has 2 aromatic rings.